The highest BCUT2D eigenvalue weighted by atomic mass is 19.1. The molecule has 0 radical (unpaired) electrons. The first-order chi connectivity index (χ1) is 6.11. The molecule has 0 unspecified atom stereocenters. The van der Waals surface area contributed by atoms with Gasteiger partial charge in [0.2, 0.25) is 5.91 Å². The number of nitrogens with one attached hydrogen (secondary N) is 1. The molecule has 4 nitrogen and oxygen atoms in total. The monoisotopic (exact) mass is 183 g/mol. The van der Waals surface area contributed by atoms with Crippen molar-refractivity contribution in [3.05, 3.63) is 35.4 Å². The van der Waals surface area contributed by atoms with Gasteiger partial charge in [-0.1, -0.05) is 0 Å². The highest BCUT2D eigenvalue weighted by Gasteiger charge is 2.09. The number of hydrogen-bond donors (Lipinski definition) is 3. The van der Waals surface area contributed by atoms with Crippen molar-refractivity contribution in [1.29, 1.82) is 0 Å². The molecule has 0 bridgehead atoms. The molecule has 0 saturated heterocycles. The lowest BCUT2D eigenvalue weighted by atomic mass is 10.1. The van der Waals surface area contributed by atoms with E-state index in [9.17, 15) is 9.18 Å². The minimum Gasteiger partial charge on any atom is -0.398 e. The summed E-state index contributed by atoms with van der Waals surface area (Å²) in [6, 6.07) is 0. The fraction of sp³-hybridized carbons (Fsp3) is 0.125. The Hall–Kier alpha value is -1.78. The fourth-order valence-electron chi connectivity index (χ4n) is 0.960. The van der Waals surface area contributed by atoms with Crippen molar-refractivity contribution in [3.63, 3.8) is 0 Å². The van der Waals surface area contributed by atoms with Gasteiger partial charge in [0.1, 0.15) is 5.83 Å². The van der Waals surface area contributed by atoms with E-state index in [0.717, 1.165) is 6.08 Å². The normalized spacial score (nSPS) is 17.2. The maximum atomic E-state index is 13.0. The third-order valence-electron chi connectivity index (χ3n) is 1.53. The molecule has 0 aromatic carbocycles. The summed E-state index contributed by atoms with van der Waals surface area (Å²) >= 11 is 0. The molecule has 5 N–H and O–H groups in total. The van der Waals surface area contributed by atoms with Crippen LogP contribution in [0.25, 0.3) is 0 Å². The standard InChI is InChI=1S/C8H10FN3O/c9-6-4-12-2-1-5(6)7(10)3-8(11)13/h1-3,12H,4,10H2,(H2,11,13)/b7-3-. The van der Waals surface area contributed by atoms with Gasteiger partial charge in [0.25, 0.3) is 0 Å². The van der Waals surface area contributed by atoms with E-state index in [2.05, 4.69) is 5.32 Å². The van der Waals surface area contributed by atoms with E-state index < -0.39 is 11.7 Å². The van der Waals surface area contributed by atoms with Gasteiger partial charge in [-0.15, -0.1) is 0 Å². The lowest BCUT2D eigenvalue weighted by molar-refractivity contribution is -0.113. The van der Waals surface area contributed by atoms with Crippen LogP contribution in [0.15, 0.2) is 35.4 Å². The van der Waals surface area contributed by atoms with Crippen LogP contribution in [0.3, 0.4) is 0 Å². The summed E-state index contributed by atoms with van der Waals surface area (Å²) in [6.45, 7) is 0.0825. The SMILES string of the molecule is NC(=O)/C=C(\N)C1=C(F)CNC=C1. The first-order valence-electron chi connectivity index (χ1n) is 3.67. The number of nitrogens with two attached hydrogens (primary N) is 2. The smallest absolute Gasteiger partial charge is 0.243 e. The van der Waals surface area contributed by atoms with Gasteiger partial charge >= 0.3 is 0 Å². The Morgan fingerprint density at radius 2 is 2.31 bits per heavy atom. The Morgan fingerprint density at radius 1 is 1.62 bits per heavy atom. The molecule has 70 valence electrons. The number of allylic oxidation sites excluding steroid dienone is 1. The second-order valence-corrected chi connectivity index (χ2v) is 2.53. The van der Waals surface area contributed by atoms with Crippen LogP contribution >= 0.6 is 0 Å². The Morgan fingerprint density at radius 3 is 2.85 bits per heavy atom. The van der Waals surface area contributed by atoms with Crippen molar-refractivity contribution in [2.75, 3.05) is 6.54 Å². The van der Waals surface area contributed by atoms with Crippen LogP contribution in [-0.4, -0.2) is 12.5 Å². The van der Waals surface area contributed by atoms with Gasteiger partial charge in [0.15, 0.2) is 0 Å². The predicted octanol–water partition coefficient (Wildman–Crippen LogP) is -0.345. The van der Waals surface area contributed by atoms with Crippen LogP contribution in [-0.2, 0) is 4.79 Å². The molecule has 13 heavy (non-hydrogen) atoms. The summed E-state index contributed by atoms with van der Waals surface area (Å²) in [7, 11) is 0. The third-order valence-corrected chi connectivity index (χ3v) is 1.53. The van der Waals surface area contributed by atoms with Crippen LogP contribution in [0.2, 0.25) is 0 Å². The number of hydrogen-bond acceptors (Lipinski definition) is 3. The van der Waals surface area contributed by atoms with Gasteiger partial charge < -0.3 is 16.8 Å². The van der Waals surface area contributed by atoms with Crippen molar-refractivity contribution < 1.29 is 9.18 Å². The van der Waals surface area contributed by atoms with E-state index in [0.29, 0.717) is 0 Å². The Balaban J connectivity index is 2.94. The molecule has 1 rings (SSSR count). The quantitative estimate of drug-likeness (QED) is 0.512. The van der Waals surface area contributed by atoms with Crippen LogP contribution in [0.1, 0.15) is 0 Å². The molecule has 1 amide bonds. The Labute approximate surface area is 74.8 Å². The highest BCUT2D eigenvalue weighted by molar-refractivity contribution is 5.87. The van der Waals surface area contributed by atoms with E-state index in [1.54, 1.807) is 6.20 Å². The topological polar surface area (TPSA) is 81.1 Å². The summed E-state index contributed by atoms with van der Waals surface area (Å²) in [6.07, 6.45) is 4.00. The summed E-state index contributed by atoms with van der Waals surface area (Å²) < 4.78 is 13.0. The zero-order valence-electron chi connectivity index (χ0n) is 6.88. The Kier molecular flexibility index (Phi) is 2.69. The number of rotatable bonds is 2. The molecule has 1 aliphatic rings. The molecule has 0 spiro atoms. The molecular weight excluding hydrogens is 173 g/mol. The van der Waals surface area contributed by atoms with Gasteiger partial charge in [-0.25, -0.2) is 4.39 Å². The van der Waals surface area contributed by atoms with Gasteiger partial charge in [-0.3, -0.25) is 4.79 Å². The van der Waals surface area contributed by atoms with E-state index in [1.807, 2.05) is 0 Å². The zero-order valence-corrected chi connectivity index (χ0v) is 6.88. The summed E-state index contributed by atoms with van der Waals surface area (Å²) in [5, 5.41) is 2.66. The molecule has 0 aromatic heterocycles. The lowest BCUT2D eigenvalue weighted by Gasteiger charge is -2.10. The van der Waals surface area contributed by atoms with E-state index >= 15 is 0 Å². The van der Waals surface area contributed by atoms with Crippen molar-refractivity contribution in [2.45, 2.75) is 0 Å². The third kappa shape index (κ3) is 2.33. The predicted molar refractivity (Wildman–Crippen MR) is 46.7 cm³/mol. The molecular formula is C8H10FN3O. The molecule has 0 aliphatic carbocycles. The average molecular weight is 183 g/mol. The first kappa shape index (κ1) is 9.31. The van der Waals surface area contributed by atoms with Gasteiger partial charge in [0.05, 0.1) is 6.54 Å². The average Bonchev–Trinajstić information content (AvgIpc) is 2.03. The van der Waals surface area contributed by atoms with Crippen molar-refractivity contribution in [2.24, 2.45) is 11.5 Å². The minimum atomic E-state index is -0.690. The van der Waals surface area contributed by atoms with Crippen LogP contribution < -0.4 is 16.8 Å². The highest BCUT2D eigenvalue weighted by Crippen LogP contribution is 2.15. The molecule has 0 fully saturated rings. The van der Waals surface area contributed by atoms with Crippen LogP contribution in [0, 0.1) is 0 Å². The largest absolute Gasteiger partial charge is 0.398 e. The summed E-state index contributed by atoms with van der Waals surface area (Å²) in [5.41, 5.74) is 10.5. The van der Waals surface area contributed by atoms with Crippen molar-refractivity contribution in [1.82, 2.24) is 5.32 Å². The number of halogens is 1. The molecule has 0 atom stereocenters. The van der Waals surface area contributed by atoms with E-state index in [-0.39, 0.29) is 17.8 Å². The second kappa shape index (κ2) is 3.75. The maximum absolute atomic E-state index is 13.0. The number of primary amides is 1. The fourth-order valence-corrected chi connectivity index (χ4v) is 0.960. The van der Waals surface area contributed by atoms with Crippen molar-refractivity contribution >= 4 is 5.91 Å². The number of amides is 1. The summed E-state index contributed by atoms with van der Waals surface area (Å²) in [4.78, 5) is 10.4. The first-order valence-corrected chi connectivity index (χ1v) is 3.67. The van der Waals surface area contributed by atoms with Gasteiger partial charge in [-0.05, 0) is 12.3 Å². The van der Waals surface area contributed by atoms with Crippen molar-refractivity contribution in [3.8, 4) is 0 Å². The van der Waals surface area contributed by atoms with E-state index in [4.69, 9.17) is 11.5 Å². The Bertz CT molecular complexity index is 317. The molecule has 5 heteroatoms. The maximum Gasteiger partial charge on any atom is 0.243 e. The minimum absolute atomic E-state index is 0.0442. The molecule has 1 heterocycles. The van der Waals surface area contributed by atoms with Gasteiger partial charge in [-0.2, -0.15) is 0 Å². The summed E-state index contributed by atoms with van der Waals surface area (Å²) in [5.74, 6) is -1.10. The second-order valence-electron chi connectivity index (χ2n) is 2.53. The number of dihydropyridines is 1. The van der Waals surface area contributed by atoms with Gasteiger partial charge in [0, 0.05) is 17.3 Å². The number of carbonyl (C=O) groups is 1. The number of carbonyl (C=O) groups excluding carboxylic acids is 1. The molecule has 1 aliphatic heterocycles. The molecule has 0 aromatic rings. The van der Waals surface area contributed by atoms with Crippen LogP contribution in [0.5, 0.6) is 0 Å². The zero-order chi connectivity index (χ0) is 9.84. The van der Waals surface area contributed by atoms with E-state index in [1.165, 1.54) is 6.08 Å². The molecule has 0 saturated carbocycles. The van der Waals surface area contributed by atoms with Crippen LogP contribution in [0.4, 0.5) is 4.39 Å². The lowest BCUT2D eigenvalue weighted by Crippen LogP contribution is -2.17.